The van der Waals surface area contributed by atoms with Gasteiger partial charge in [-0.25, -0.2) is 13.6 Å². The Morgan fingerprint density at radius 1 is 1.18 bits per heavy atom. The summed E-state index contributed by atoms with van der Waals surface area (Å²) in [6.45, 7) is -0.0350. The predicted molar refractivity (Wildman–Crippen MR) is 96.9 cm³/mol. The maximum Gasteiger partial charge on any atom is 0.325 e. The largest absolute Gasteiger partial charge is 0.326 e. The number of imide groups is 1. The Hall–Kier alpha value is -3.36. The third kappa shape index (κ3) is 4.13. The van der Waals surface area contributed by atoms with Crippen molar-refractivity contribution in [3.8, 4) is 0 Å². The van der Waals surface area contributed by atoms with E-state index < -0.39 is 30.8 Å². The molecule has 0 radical (unpaired) electrons. The van der Waals surface area contributed by atoms with Crippen LogP contribution in [-0.4, -0.2) is 47.2 Å². The van der Waals surface area contributed by atoms with E-state index in [0.29, 0.717) is 16.8 Å². The summed E-state index contributed by atoms with van der Waals surface area (Å²) in [7, 11) is 1.63. The van der Waals surface area contributed by atoms with Crippen LogP contribution in [0, 0.1) is 0 Å². The zero-order chi connectivity index (χ0) is 20.3. The van der Waals surface area contributed by atoms with Gasteiger partial charge in [-0.15, -0.1) is 0 Å². The first-order chi connectivity index (χ1) is 13.4. The molecule has 1 aliphatic rings. The number of nitrogens with one attached hydrogen (secondary N) is 1. The molecule has 1 saturated heterocycles. The molecule has 0 aliphatic carbocycles. The number of nitrogens with zero attached hydrogens (tertiary/aromatic N) is 3. The highest BCUT2D eigenvalue weighted by Crippen LogP contribution is 2.20. The maximum atomic E-state index is 12.5. The Kier molecular flexibility index (Phi) is 5.62. The number of halogens is 2. The summed E-state index contributed by atoms with van der Waals surface area (Å²) in [6, 6.07) is 8.05. The molecule has 1 aliphatic heterocycles. The van der Waals surface area contributed by atoms with Gasteiger partial charge in [-0.05, 0) is 29.8 Å². The zero-order valence-electron chi connectivity index (χ0n) is 15.0. The Morgan fingerprint density at radius 3 is 2.43 bits per heavy atom. The molecule has 7 nitrogen and oxygen atoms in total. The summed E-state index contributed by atoms with van der Waals surface area (Å²) >= 11 is 0. The SMILES string of the molecule is CN(C(=O)c1ccncc1)c1ccc(CN2C(=O)N[C@@H](CC(F)F)C2=O)cc1. The lowest BCUT2D eigenvalue weighted by atomic mass is 10.1. The quantitative estimate of drug-likeness (QED) is 0.771. The van der Waals surface area contributed by atoms with Crippen molar-refractivity contribution < 1.29 is 23.2 Å². The molecule has 1 aromatic carbocycles. The third-order valence-corrected chi connectivity index (χ3v) is 4.42. The lowest BCUT2D eigenvalue weighted by molar-refractivity contribution is -0.128. The molecule has 4 amide bonds. The van der Waals surface area contributed by atoms with E-state index in [1.165, 1.54) is 17.3 Å². The fraction of sp³-hybridized carbons (Fsp3) is 0.263. The number of hydrogen-bond acceptors (Lipinski definition) is 4. The number of benzene rings is 1. The van der Waals surface area contributed by atoms with Crippen LogP contribution in [-0.2, 0) is 11.3 Å². The average molecular weight is 388 g/mol. The fourth-order valence-corrected chi connectivity index (χ4v) is 2.88. The highest BCUT2D eigenvalue weighted by molar-refractivity contribution is 6.05. The van der Waals surface area contributed by atoms with Crippen LogP contribution in [0.3, 0.4) is 0 Å². The van der Waals surface area contributed by atoms with Gasteiger partial charge >= 0.3 is 6.03 Å². The van der Waals surface area contributed by atoms with E-state index >= 15 is 0 Å². The topological polar surface area (TPSA) is 82.6 Å². The minimum Gasteiger partial charge on any atom is -0.326 e. The average Bonchev–Trinajstić information content (AvgIpc) is 2.95. The number of pyridine rings is 1. The molecule has 9 heteroatoms. The molecule has 146 valence electrons. The standard InChI is InChI=1S/C19H18F2N4O3/c1-24(17(26)13-6-8-22-9-7-13)14-4-2-12(3-5-14)11-25-18(27)15(10-16(20)21)23-19(25)28/h2-9,15-16H,10-11H2,1H3,(H,23,28)/t15-/m0/s1. The van der Waals surface area contributed by atoms with Gasteiger partial charge in [0.25, 0.3) is 11.8 Å². The van der Waals surface area contributed by atoms with Crippen LogP contribution in [0.5, 0.6) is 0 Å². The highest BCUT2D eigenvalue weighted by Gasteiger charge is 2.39. The molecule has 2 heterocycles. The van der Waals surface area contributed by atoms with Gasteiger partial charge < -0.3 is 10.2 Å². The molecule has 0 saturated carbocycles. The minimum absolute atomic E-state index is 0.0350. The molecule has 2 aromatic rings. The normalized spacial score (nSPS) is 16.4. The lowest BCUT2D eigenvalue weighted by Gasteiger charge is -2.18. The Morgan fingerprint density at radius 2 is 1.82 bits per heavy atom. The van der Waals surface area contributed by atoms with E-state index in [4.69, 9.17) is 0 Å². The Balaban J connectivity index is 1.67. The number of carbonyl (C=O) groups is 3. The van der Waals surface area contributed by atoms with Crippen molar-refractivity contribution in [2.24, 2.45) is 0 Å². The second-order valence-electron chi connectivity index (χ2n) is 6.32. The number of anilines is 1. The van der Waals surface area contributed by atoms with E-state index in [9.17, 15) is 23.2 Å². The van der Waals surface area contributed by atoms with Gasteiger partial charge in [-0.2, -0.15) is 0 Å². The van der Waals surface area contributed by atoms with Crippen molar-refractivity contribution in [2.45, 2.75) is 25.4 Å². The molecule has 28 heavy (non-hydrogen) atoms. The van der Waals surface area contributed by atoms with Crippen molar-refractivity contribution in [3.63, 3.8) is 0 Å². The number of rotatable bonds is 6. The summed E-state index contributed by atoms with van der Waals surface area (Å²) in [6.07, 6.45) is -0.323. The van der Waals surface area contributed by atoms with E-state index in [2.05, 4.69) is 10.3 Å². The maximum absolute atomic E-state index is 12.5. The van der Waals surface area contributed by atoms with E-state index in [1.807, 2.05) is 0 Å². The molecule has 0 bridgehead atoms. The van der Waals surface area contributed by atoms with Crippen molar-refractivity contribution >= 4 is 23.5 Å². The first-order valence-corrected chi connectivity index (χ1v) is 8.54. The first-order valence-electron chi connectivity index (χ1n) is 8.54. The van der Waals surface area contributed by atoms with Crippen molar-refractivity contribution in [1.29, 1.82) is 0 Å². The van der Waals surface area contributed by atoms with E-state index in [-0.39, 0.29) is 12.5 Å². The number of hydrogen-bond donors (Lipinski definition) is 1. The van der Waals surface area contributed by atoms with Crippen LogP contribution < -0.4 is 10.2 Å². The Labute approximate surface area is 160 Å². The first kappa shape index (κ1) is 19.4. The second kappa shape index (κ2) is 8.12. The predicted octanol–water partition coefficient (Wildman–Crippen LogP) is 2.43. The monoisotopic (exact) mass is 388 g/mol. The molecule has 1 fully saturated rings. The molecule has 1 atom stereocenters. The highest BCUT2D eigenvalue weighted by atomic mass is 19.3. The number of alkyl halides is 2. The molecular formula is C19H18F2N4O3. The van der Waals surface area contributed by atoms with Crippen molar-refractivity contribution in [1.82, 2.24) is 15.2 Å². The van der Waals surface area contributed by atoms with Gasteiger partial charge in [-0.3, -0.25) is 19.5 Å². The number of aromatic nitrogens is 1. The lowest BCUT2D eigenvalue weighted by Crippen LogP contribution is -2.32. The summed E-state index contributed by atoms with van der Waals surface area (Å²) in [4.78, 5) is 42.7. The number of urea groups is 1. The summed E-state index contributed by atoms with van der Waals surface area (Å²) in [5.41, 5.74) is 1.75. The summed E-state index contributed by atoms with van der Waals surface area (Å²) in [5.74, 6) is -0.876. The van der Waals surface area contributed by atoms with Crippen LogP contribution in [0.25, 0.3) is 0 Å². The van der Waals surface area contributed by atoms with Gasteiger partial charge in [0.1, 0.15) is 6.04 Å². The Bertz CT molecular complexity index is 875. The van der Waals surface area contributed by atoms with Crippen LogP contribution in [0.15, 0.2) is 48.8 Å². The number of amides is 4. The zero-order valence-corrected chi connectivity index (χ0v) is 15.0. The van der Waals surface area contributed by atoms with Crippen LogP contribution in [0.4, 0.5) is 19.3 Å². The number of carbonyl (C=O) groups excluding carboxylic acids is 3. The second-order valence-corrected chi connectivity index (χ2v) is 6.32. The molecular weight excluding hydrogens is 370 g/mol. The summed E-state index contributed by atoms with van der Waals surface area (Å²) in [5, 5.41) is 2.27. The third-order valence-electron chi connectivity index (χ3n) is 4.42. The summed E-state index contributed by atoms with van der Waals surface area (Å²) < 4.78 is 25.0. The van der Waals surface area contributed by atoms with Gasteiger partial charge in [0.05, 0.1) is 6.54 Å². The van der Waals surface area contributed by atoms with Gasteiger partial charge in [0.2, 0.25) is 6.43 Å². The van der Waals surface area contributed by atoms with Gasteiger partial charge in [-0.1, -0.05) is 12.1 Å². The van der Waals surface area contributed by atoms with Crippen LogP contribution in [0.1, 0.15) is 22.3 Å². The smallest absolute Gasteiger partial charge is 0.325 e. The molecule has 0 unspecified atom stereocenters. The van der Waals surface area contributed by atoms with Crippen LogP contribution >= 0.6 is 0 Å². The van der Waals surface area contributed by atoms with E-state index in [0.717, 1.165) is 4.90 Å². The molecule has 3 rings (SSSR count). The van der Waals surface area contributed by atoms with Crippen molar-refractivity contribution in [3.05, 3.63) is 59.9 Å². The van der Waals surface area contributed by atoms with Gasteiger partial charge in [0.15, 0.2) is 0 Å². The molecule has 0 spiro atoms. The van der Waals surface area contributed by atoms with Gasteiger partial charge in [0, 0.05) is 37.1 Å². The van der Waals surface area contributed by atoms with E-state index in [1.54, 1.807) is 43.4 Å². The molecule has 1 aromatic heterocycles. The van der Waals surface area contributed by atoms with Crippen molar-refractivity contribution in [2.75, 3.05) is 11.9 Å². The van der Waals surface area contributed by atoms with Crippen LogP contribution in [0.2, 0.25) is 0 Å². The molecule has 1 N–H and O–H groups in total. The fourth-order valence-electron chi connectivity index (χ4n) is 2.88. The minimum atomic E-state index is -2.68.